The molecule has 1 aromatic carbocycles. The van der Waals surface area contributed by atoms with E-state index in [1.807, 2.05) is 6.07 Å². The van der Waals surface area contributed by atoms with E-state index in [4.69, 9.17) is 0 Å². The van der Waals surface area contributed by atoms with Crippen molar-refractivity contribution in [2.45, 2.75) is 44.6 Å². The van der Waals surface area contributed by atoms with Gasteiger partial charge in [-0.1, -0.05) is 18.2 Å². The number of rotatable bonds is 5. The second kappa shape index (κ2) is 6.37. The molecule has 0 aromatic heterocycles. The lowest BCUT2D eigenvalue weighted by Crippen LogP contribution is -2.52. The van der Waals surface area contributed by atoms with Gasteiger partial charge >= 0.3 is 0 Å². The molecule has 20 heavy (non-hydrogen) atoms. The Kier molecular flexibility index (Phi) is 4.78. The van der Waals surface area contributed by atoms with Crippen LogP contribution in [0.25, 0.3) is 0 Å². The maximum absolute atomic E-state index is 12.0. The summed E-state index contributed by atoms with van der Waals surface area (Å²) in [6.45, 7) is 1.07. The minimum atomic E-state index is -0.953. The fourth-order valence-electron chi connectivity index (χ4n) is 2.59. The van der Waals surface area contributed by atoms with Crippen LogP contribution in [0.2, 0.25) is 0 Å². The predicted molar refractivity (Wildman–Crippen MR) is 77.5 cm³/mol. The summed E-state index contributed by atoms with van der Waals surface area (Å²) in [5.41, 5.74) is 2.79. The molecule has 1 amide bonds. The molecule has 0 spiro atoms. The maximum Gasteiger partial charge on any atom is 0.224 e. The van der Waals surface area contributed by atoms with E-state index < -0.39 is 5.54 Å². The first-order valence-electron chi connectivity index (χ1n) is 7.20. The van der Waals surface area contributed by atoms with E-state index in [1.165, 1.54) is 24.0 Å². The molecule has 0 saturated carbocycles. The molecule has 4 nitrogen and oxygen atoms in total. The molecular weight excluding hydrogens is 254 g/mol. The smallest absolute Gasteiger partial charge is 0.224 e. The number of carbonyl (C=O) groups excluding carboxylic acids is 1. The summed E-state index contributed by atoms with van der Waals surface area (Å²) >= 11 is 0. The van der Waals surface area contributed by atoms with Crippen molar-refractivity contribution < 1.29 is 15.0 Å². The molecule has 1 aromatic rings. The molecule has 0 fully saturated rings. The molecule has 1 aliphatic carbocycles. The normalized spacial score (nSPS) is 14.8. The van der Waals surface area contributed by atoms with Gasteiger partial charge in [-0.2, -0.15) is 0 Å². The number of nitrogens with one attached hydrogen (secondary N) is 1. The van der Waals surface area contributed by atoms with Gasteiger partial charge in [-0.3, -0.25) is 4.79 Å². The van der Waals surface area contributed by atoms with Gasteiger partial charge in [0.15, 0.2) is 0 Å². The molecule has 0 bridgehead atoms. The van der Waals surface area contributed by atoms with E-state index >= 15 is 0 Å². The van der Waals surface area contributed by atoms with Crippen LogP contribution < -0.4 is 5.32 Å². The zero-order chi connectivity index (χ0) is 14.6. The van der Waals surface area contributed by atoms with Gasteiger partial charge in [0, 0.05) is 0 Å². The van der Waals surface area contributed by atoms with Crippen LogP contribution in [0.15, 0.2) is 18.2 Å². The lowest BCUT2D eigenvalue weighted by molar-refractivity contribution is -0.123. The Morgan fingerprint density at radius 2 is 1.85 bits per heavy atom. The molecule has 4 heteroatoms. The molecule has 110 valence electrons. The average molecular weight is 277 g/mol. The van der Waals surface area contributed by atoms with Crippen molar-refractivity contribution in [3.8, 4) is 0 Å². The van der Waals surface area contributed by atoms with E-state index in [1.54, 1.807) is 6.92 Å². The standard InChI is InChI=1S/C16H23NO3/c1-16(10-18,11-19)17-15(20)9-12-6-7-13-4-2-3-5-14(13)8-12/h6-8,18-19H,2-5,9-11H2,1H3,(H,17,20). The van der Waals surface area contributed by atoms with Crippen LogP contribution in [0.5, 0.6) is 0 Å². The van der Waals surface area contributed by atoms with Gasteiger partial charge in [0.05, 0.1) is 25.2 Å². The molecule has 0 radical (unpaired) electrons. The van der Waals surface area contributed by atoms with Crippen LogP contribution >= 0.6 is 0 Å². The van der Waals surface area contributed by atoms with Crippen molar-refractivity contribution >= 4 is 5.91 Å². The third kappa shape index (κ3) is 3.58. The minimum absolute atomic E-state index is 0.175. The zero-order valence-corrected chi connectivity index (χ0v) is 12.0. The molecule has 0 atom stereocenters. The van der Waals surface area contributed by atoms with Crippen LogP contribution in [0.4, 0.5) is 0 Å². The quantitative estimate of drug-likeness (QED) is 0.751. The number of amides is 1. The third-order valence-electron chi connectivity index (χ3n) is 3.92. The van der Waals surface area contributed by atoms with Crippen molar-refractivity contribution in [1.29, 1.82) is 0 Å². The summed E-state index contributed by atoms with van der Waals surface area (Å²) in [5.74, 6) is -0.175. The molecule has 0 heterocycles. The summed E-state index contributed by atoms with van der Waals surface area (Å²) in [7, 11) is 0. The summed E-state index contributed by atoms with van der Waals surface area (Å²) in [6, 6.07) is 6.23. The molecule has 0 aliphatic heterocycles. The average Bonchev–Trinajstić information content (AvgIpc) is 2.47. The second-order valence-corrected chi connectivity index (χ2v) is 5.91. The van der Waals surface area contributed by atoms with E-state index in [2.05, 4.69) is 17.4 Å². The highest BCUT2D eigenvalue weighted by Gasteiger charge is 2.24. The number of aliphatic hydroxyl groups excluding tert-OH is 2. The van der Waals surface area contributed by atoms with E-state index in [0.717, 1.165) is 18.4 Å². The van der Waals surface area contributed by atoms with E-state index in [-0.39, 0.29) is 25.5 Å². The Morgan fingerprint density at radius 1 is 1.20 bits per heavy atom. The lowest BCUT2D eigenvalue weighted by Gasteiger charge is -2.26. The van der Waals surface area contributed by atoms with Crippen molar-refractivity contribution in [2.75, 3.05) is 13.2 Å². The van der Waals surface area contributed by atoms with Crippen molar-refractivity contribution in [2.24, 2.45) is 0 Å². The predicted octanol–water partition coefficient (Wildman–Crippen LogP) is 0.967. The first kappa shape index (κ1) is 15.0. The van der Waals surface area contributed by atoms with Gasteiger partial charge in [-0.15, -0.1) is 0 Å². The highest BCUT2D eigenvalue weighted by atomic mass is 16.3. The number of hydrogen-bond donors (Lipinski definition) is 3. The lowest BCUT2D eigenvalue weighted by atomic mass is 9.90. The largest absolute Gasteiger partial charge is 0.394 e. The summed E-state index contributed by atoms with van der Waals surface area (Å²) in [6.07, 6.45) is 4.97. The van der Waals surface area contributed by atoms with Gasteiger partial charge < -0.3 is 15.5 Å². The molecular formula is C16H23NO3. The Bertz CT molecular complexity index is 481. The Hall–Kier alpha value is -1.39. The van der Waals surface area contributed by atoms with Gasteiger partial charge in [0.1, 0.15) is 0 Å². The SMILES string of the molecule is CC(CO)(CO)NC(=O)Cc1ccc2c(c1)CCCC2. The topological polar surface area (TPSA) is 69.6 Å². The van der Waals surface area contributed by atoms with Crippen LogP contribution in [0, 0.1) is 0 Å². The number of fused-ring (bicyclic) bond motifs is 1. The minimum Gasteiger partial charge on any atom is -0.394 e. The highest BCUT2D eigenvalue weighted by Crippen LogP contribution is 2.22. The Morgan fingerprint density at radius 3 is 2.50 bits per heavy atom. The number of benzene rings is 1. The fraction of sp³-hybridized carbons (Fsp3) is 0.562. The van der Waals surface area contributed by atoms with E-state index in [9.17, 15) is 15.0 Å². The number of aryl methyl sites for hydroxylation is 2. The zero-order valence-electron chi connectivity index (χ0n) is 12.0. The molecule has 2 rings (SSSR count). The van der Waals surface area contributed by atoms with Crippen LogP contribution in [-0.2, 0) is 24.1 Å². The first-order chi connectivity index (χ1) is 9.56. The van der Waals surface area contributed by atoms with Crippen LogP contribution in [0.3, 0.4) is 0 Å². The van der Waals surface area contributed by atoms with Gasteiger partial charge in [-0.05, 0) is 49.3 Å². The monoisotopic (exact) mass is 277 g/mol. The van der Waals surface area contributed by atoms with Gasteiger partial charge in [-0.25, -0.2) is 0 Å². The number of aliphatic hydroxyl groups is 2. The van der Waals surface area contributed by atoms with Gasteiger partial charge in [0.25, 0.3) is 0 Å². The Labute approximate surface area is 119 Å². The Balaban J connectivity index is 2.01. The molecule has 0 unspecified atom stereocenters. The molecule has 1 aliphatic rings. The maximum atomic E-state index is 12.0. The summed E-state index contributed by atoms with van der Waals surface area (Å²) < 4.78 is 0. The highest BCUT2D eigenvalue weighted by molar-refractivity contribution is 5.79. The molecule has 0 saturated heterocycles. The van der Waals surface area contributed by atoms with Crippen LogP contribution in [0.1, 0.15) is 36.5 Å². The fourth-order valence-corrected chi connectivity index (χ4v) is 2.59. The third-order valence-corrected chi connectivity index (χ3v) is 3.92. The van der Waals surface area contributed by atoms with Crippen molar-refractivity contribution in [1.82, 2.24) is 5.32 Å². The van der Waals surface area contributed by atoms with Crippen LogP contribution in [-0.4, -0.2) is 34.9 Å². The van der Waals surface area contributed by atoms with Crippen molar-refractivity contribution in [3.63, 3.8) is 0 Å². The summed E-state index contributed by atoms with van der Waals surface area (Å²) in [4.78, 5) is 12.0. The first-order valence-corrected chi connectivity index (χ1v) is 7.20. The summed E-state index contributed by atoms with van der Waals surface area (Å²) in [5, 5.41) is 21.0. The second-order valence-electron chi connectivity index (χ2n) is 5.91. The van der Waals surface area contributed by atoms with E-state index in [0.29, 0.717) is 0 Å². The molecule has 3 N–H and O–H groups in total. The number of hydrogen-bond acceptors (Lipinski definition) is 3. The number of carbonyl (C=O) groups is 1. The van der Waals surface area contributed by atoms with Crippen molar-refractivity contribution in [3.05, 3.63) is 34.9 Å². The van der Waals surface area contributed by atoms with Gasteiger partial charge in [0.2, 0.25) is 5.91 Å².